The van der Waals surface area contributed by atoms with Crippen LogP contribution in [0.3, 0.4) is 0 Å². The molecule has 0 bridgehead atoms. The maximum absolute atomic E-state index is 13.5. The quantitative estimate of drug-likeness (QED) is 0.185. The van der Waals surface area contributed by atoms with Crippen molar-refractivity contribution < 1.29 is 23.9 Å². The van der Waals surface area contributed by atoms with Crippen LogP contribution in [0.15, 0.2) is 48.8 Å². The summed E-state index contributed by atoms with van der Waals surface area (Å²) in [5.74, 6) is 0.0817. The number of ether oxygens (including phenoxy) is 1. The van der Waals surface area contributed by atoms with Gasteiger partial charge < -0.3 is 35.0 Å². The number of fused-ring (bicyclic) bond motifs is 1. The van der Waals surface area contributed by atoms with Gasteiger partial charge in [-0.1, -0.05) is 0 Å². The smallest absolute Gasteiger partial charge is 0.274 e. The molecule has 4 aromatic rings. The highest BCUT2D eigenvalue weighted by molar-refractivity contribution is 6.07. The van der Waals surface area contributed by atoms with E-state index in [-0.39, 0.29) is 24.7 Å². The number of hydrogen-bond donors (Lipinski definition) is 3. The maximum atomic E-state index is 13.5. The summed E-state index contributed by atoms with van der Waals surface area (Å²) in [6.45, 7) is 6.86. The van der Waals surface area contributed by atoms with Gasteiger partial charge >= 0.3 is 0 Å². The lowest BCUT2D eigenvalue weighted by Crippen LogP contribution is -2.52. The van der Waals surface area contributed by atoms with Crippen LogP contribution in [0.2, 0.25) is 0 Å². The standard InChI is InChI=1S/C43H55N11O5/c1-50(2)43-44-16-11-34(47-43)41(57)46-36-23-29-27-54(49-35(29)25-37(36)53-17-5-4-6-18-53)30-14-19-51(20-15-30)26-28-12-21-52(22-13-28)31-7-8-32(38(24-31)59-3)40(56)45-33-9-10-39(55)48-42(33)58/h7-8,11,16,23-25,27-28,30,33H,4-6,9-10,12-15,17-22,26H2,1-3H3,(H,45,56)(H,46,57)(H,48,55,58)/t33-/m0/s1. The van der Waals surface area contributed by atoms with Gasteiger partial charge in [-0.15, -0.1) is 0 Å². The van der Waals surface area contributed by atoms with E-state index in [4.69, 9.17) is 9.84 Å². The number of piperidine rings is 4. The average molecular weight is 806 g/mol. The molecule has 4 amide bonds. The van der Waals surface area contributed by atoms with E-state index in [9.17, 15) is 19.2 Å². The molecule has 4 fully saturated rings. The van der Waals surface area contributed by atoms with Gasteiger partial charge in [0.25, 0.3) is 11.8 Å². The van der Waals surface area contributed by atoms with Gasteiger partial charge in [0.05, 0.1) is 35.6 Å². The van der Waals surface area contributed by atoms with Crippen molar-refractivity contribution in [3.63, 3.8) is 0 Å². The molecule has 8 rings (SSSR count). The summed E-state index contributed by atoms with van der Waals surface area (Å²) in [7, 11) is 5.25. The Morgan fingerprint density at radius 2 is 1.68 bits per heavy atom. The van der Waals surface area contributed by atoms with Crippen molar-refractivity contribution in [1.82, 2.24) is 35.3 Å². The molecule has 16 heteroatoms. The predicted molar refractivity (Wildman–Crippen MR) is 226 cm³/mol. The number of anilines is 4. The minimum Gasteiger partial charge on any atom is -0.496 e. The number of aromatic nitrogens is 4. The van der Waals surface area contributed by atoms with E-state index < -0.39 is 17.9 Å². The first kappa shape index (κ1) is 40.0. The molecule has 6 heterocycles. The average Bonchev–Trinajstić information content (AvgIpc) is 3.68. The topological polar surface area (TPSA) is 170 Å². The summed E-state index contributed by atoms with van der Waals surface area (Å²) in [6.07, 6.45) is 11.9. The van der Waals surface area contributed by atoms with Gasteiger partial charge in [-0.25, -0.2) is 9.97 Å². The summed E-state index contributed by atoms with van der Waals surface area (Å²) < 4.78 is 7.76. The molecule has 4 aliphatic heterocycles. The van der Waals surface area contributed by atoms with Crippen LogP contribution in [0.1, 0.15) is 84.7 Å². The minimum atomic E-state index is -0.747. The maximum Gasteiger partial charge on any atom is 0.274 e. The van der Waals surface area contributed by atoms with Crippen LogP contribution in [0.5, 0.6) is 5.75 Å². The molecule has 4 saturated heterocycles. The van der Waals surface area contributed by atoms with Gasteiger partial charge in [0.15, 0.2) is 0 Å². The lowest BCUT2D eigenvalue weighted by molar-refractivity contribution is -0.134. The van der Waals surface area contributed by atoms with Gasteiger partial charge in [-0.3, -0.25) is 29.2 Å². The van der Waals surface area contributed by atoms with Crippen molar-refractivity contribution in [2.45, 2.75) is 69.9 Å². The Morgan fingerprint density at radius 3 is 2.41 bits per heavy atom. The van der Waals surface area contributed by atoms with Gasteiger partial charge in [-0.2, -0.15) is 5.10 Å². The first-order chi connectivity index (χ1) is 28.6. The Hall–Kier alpha value is -5.77. The lowest BCUT2D eigenvalue weighted by atomic mass is 9.94. The van der Waals surface area contributed by atoms with E-state index in [1.165, 1.54) is 6.42 Å². The Morgan fingerprint density at radius 1 is 0.898 bits per heavy atom. The van der Waals surface area contributed by atoms with Crippen LogP contribution < -0.4 is 35.4 Å². The number of methoxy groups -OCH3 is 1. The van der Waals surface area contributed by atoms with Crippen molar-refractivity contribution in [2.24, 2.45) is 5.92 Å². The first-order valence-corrected chi connectivity index (χ1v) is 21.0. The highest BCUT2D eigenvalue weighted by Crippen LogP contribution is 2.35. The zero-order chi connectivity index (χ0) is 41.0. The number of carbonyl (C=O) groups is 4. The van der Waals surface area contributed by atoms with E-state index in [0.717, 1.165) is 112 Å². The monoisotopic (exact) mass is 805 g/mol. The molecule has 0 saturated carbocycles. The minimum absolute atomic E-state index is 0.195. The molecule has 16 nitrogen and oxygen atoms in total. The van der Waals surface area contributed by atoms with Crippen LogP contribution in [0.25, 0.3) is 10.9 Å². The third-order valence-electron chi connectivity index (χ3n) is 12.3. The number of nitrogens with one attached hydrogen (secondary N) is 3. The van der Waals surface area contributed by atoms with Crippen molar-refractivity contribution in [1.29, 1.82) is 0 Å². The Bertz CT molecular complexity index is 2190. The van der Waals surface area contributed by atoms with E-state index in [2.05, 4.69) is 63.6 Å². The zero-order valence-corrected chi connectivity index (χ0v) is 34.3. The summed E-state index contributed by atoms with van der Waals surface area (Å²) in [4.78, 5) is 68.1. The van der Waals surface area contributed by atoms with Crippen LogP contribution >= 0.6 is 0 Å². The molecule has 2 aromatic heterocycles. The van der Waals surface area contributed by atoms with E-state index in [1.807, 2.05) is 26.2 Å². The molecule has 1 atom stereocenters. The van der Waals surface area contributed by atoms with Crippen molar-refractivity contribution in [3.8, 4) is 5.75 Å². The number of hydrogen-bond acceptors (Lipinski definition) is 12. The van der Waals surface area contributed by atoms with Gasteiger partial charge in [-0.05, 0) is 87.6 Å². The molecule has 4 aliphatic rings. The van der Waals surface area contributed by atoms with Crippen LogP contribution in [-0.2, 0) is 9.59 Å². The Kier molecular flexibility index (Phi) is 11.9. The van der Waals surface area contributed by atoms with Crippen LogP contribution in [0, 0.1) is 5.92 Å². The molecular weight excluding hydrogens is 751 g/mol. The van der Waals surface area contributed by atoms with Gasteiger partial charge in [0, 0.05) is 95.9 Å². The molecule has 3 N–H and O–H groups in total. The molecular formula is C43H55N11O5. The van der Waals surface area contributed by atoms with Crippen molar-refractivity contribution in [3.05, 3.63) is 60.0 Å². The SMILES string of the molecule is COc1cc(N2CCC(CN3CCC(n4cc5cc(NC(=O)c6ccnc(N(C)C)n6)c(N6CCCCC6)cc5n4)CC3)CC2)ccc1C(=O)N[C@H]1CCC(=O)NC1=O. The molecule has 312 valence electrons. The molecule has 0 radical (unpaired) electrons. The van der Waals surface area contributed by atoms with Gasteiger partial charge in [0.2, 0.25) is 17.8 Å². The second-order valence-electron chi connectivity index (χ2n) is 16.5. The second kappa shape index (κ2) is 17.6. The highest BCUT2D eigenvalue weighted by Gasteiger charge is 2.30. The van der Waals surface area contributed by atoms with E-state index in [1.54, 1.807) is 30.3 Å². The van der Waals surface area contributed by atoms with Crippen LogP contribution in [-0.4, -0.2) is 121 Å². The fourth-order valence-electron chi connectivity index (χ4n) is 8.88. The normalized spacial score (nSPS) is 19.7. The van der Waals surface area contributed by atoms with Gasteiger partial charge in [0.1, 0.15) is 17.5 Å². The van der Waals surface area contributed by atoms with Crippen LogP contribution in [0.4, 0.5) is 23.0 Å². The fourth-order valence-corrected chi connectivity index (χ4v) is 8.88. The van der Waals surface area contributed by atoms with Crippen molar-refractivity contribution in [2.75, 3.05) is 87.0 Å². The number of imide groups is 1. The zero-order valence-electron chi connectivity index (χ0n) is 34.3. The molecule has 0 unspecified atom stereocenters. The largest absolute Gasteiger partial charge is 0.496 e. The first-order valence-electron chi connectivity index (χ1n) is 21.0. The molecule has 0 aliphatic carbocycles. The number of benzene rings is 2. The number of amides is 4. The third kappa shape index (κ3) is 9.12. The summed E-state index contributed by atoms with van der Waals surface area (Å²) in [5, 5.41) is 14.3. The second-order valence-corrected chi connectivity index (χ2v) is 16.5. The van der Waals surface area contributed by atoms with Crippen molar-refractivity contribution >= 4 is 57.5 Å². The number of rotatable bonds is 11. The summed E-state index contributed by atoms with van der Waals surface area (Å²) in [6, 6.07) is 11.0. The van der Waals surface area contributed by atoms with E-state index in [0.29, 0.717) is 34.9 Å². The lowest BCUT2D eigenvalue weighted by Gasteiger charge is -2.38. The molecule has 59 heavy (non-hydrogen) atoms. The Balaban J connectivity index is 0.857. The number of nitrogens with zero attached hydrogens (tertiary/aromatic N) is 8. The third-order valence-corrected chi connectivity index (χ3v) is 12.3. The predicted octanol–water partition coefficient (Wildman–Crippen LogP) is 4.23. The van der Waals surface area contributed by atoms with E-state index >= 15 is 0 Å². The molecule has 2 aromatic carbocycles. The summed E-state index contributed by atoms with van der Waals surface area (Å²) >= 11 is 0. The highest BCUT2D eigenvalue weighted by atomic mass is 16.5. The molecule has 0 spiro atoms. The summed E-state index contributed by atoms with van der Waals surface area (Å²) in [5.41, 5.74) is 4.41. The number of likely N-dealkylation sites (tertiary alicyclic amines) is 1. The fraction of sp³-hybridized carbons (Fsp3) is 0.512. The Labute approximate surface area is 344 Å². The number of carbonyl (C=O) groups excluding carboxylic acids is 4.